The summed E-state index contributed by atoms with van der Waals surface area (Å²) in [6.07, 6.45) is 3.21. The zero-order valence-electron chi connectivity index (χ0n) is 18.5. The van der Waals surface area contributed by atoms with Crippen molar-refractivity contribution in [3.8, 4) is 5.75 Å². The van der Waals surface area contributed by atoms with Crippen LogP contribution in [0.4, 0.5) is 0 Å². The Morgan fingerprint density at radius 2 is 1.82 bits per heavy atom. The molecule has 3 heterocycles. The van der Waals surface area contributed by atoms with Crippen LogP contribution in [-0.2, 0) is 14.8 Å². The van der Waals surface area contributed by atoms with Crippen molar-refractivity contribution >= 4 is 37.5 Å². The van der Waals surface area contributed by atoms with E-state index in [2.05, 4.69) is 6.07 Å². The molecule has 0 radical (unpaired) electrons. The molecule has 0 unspecified atom stereocenters. The van der Waals surface area contributed by atoms with Crippen LogP contribution in [0.3, 0.4) is 0 Å². The molecule has 2 aliphatic rings. The third-order valence-electron chi connectivity index (χ3n) is 6.56. The Balaban J connectivity index is 1.33. The minimum absolute atomic E-state index is 0.0246. The number of aromatic nitrogens is 1. The molecule has 5 rings (SSSR count). The number of sulfonamides is 1. The number of rotatable bonds is 5. The molecule has 3 aromatic rings. The number of carbonyl (C=O) groups is 1. The number of hydrogen-bond donors (Lipinski definition) is 0. The molecular formula is C24H27N3O4S2. The molecule has 7 nitrogen and oxygen atoms in total. The molecule has 1 aromatic heterocycles. The van der Waals surface area contributed by atoms with Gasteiger partial charge in [0.1, 0.15) is 10.8 Å². The van der Waals surface area contributed by atoms with Crippen LogP contribution < -0.4 is 4.74 Å². The van der Waals surface area contributed by atoms with E-state index in [1.54, 1.807) is 42.7 Å². The van der Waals surface area contributed by atoms with Crippen LogP contribution in [0.15, 0.2) is 53.4 Å². The van der Waals surface area contributed by atoms with Crippen molar-refractivity contribution in [2.75, 3.05) is 26.7 Å². The SMILES string of the molecule is COc1ccc(S(=O)(=O)N2CCC[C@H](C(=O)N3CCC[C@H]3c3nc4ccccc4s3)C2)cc1. The number of methoxy groups -OCH3 is 1. The van der Waals surface area contributed by atoms with E-state index in [9.17, 15) is 13.2 Å². The summed E-state index contributed by atoms with van der Waals surface area (Å²) < 4.78 is 34.2. The number of piperidine rings is 1. The number of carbonyl (C=O) groups excluding carboxylic acids is 1. The van der Waals surface area contributed by atoms with Crippen LogP contribution in [0.2, 0.25) is 0 Å². The zero-order chi connectivity index (χ0) is 23.0. The van der Waals surface area contributed by atoms with Crippen molar-refractivity contribution in [3.05, 3.63) is 53.5 Å². The third kappa shape index (κ3) is 4.25. The number of ether oxygens (including phenoxy) is 1. The predicted octanol–water partition coefficient (Wildman–Crippen LogP) is 4.07. The van der Waals surface area contributed by atoms with E-state index in [0.717, 1.165) is 28.1 Å². The lowest BCUT2D eigenvalue weighted by molar-refractivity contribution is -0.137. The van der Waals surface area contributed by atoms with Gasteiger partial charge in [0.05, 0.1) is 34.2 Å². The Morgan fingerprint density at radius 1 is 1.06 bits per heavy atom. The van der Waals surface area contributed by atoms with Gasteiger partial charge in [-0.1, -0.05) is 12.1 Å². The largest absolute Gasteiger partial charge is 0.497 e. The number of amides is 1. The van der Waals surface area contributed by atoms with Gasteiger partial charge in [0.25, 0.3) is 0 Å². The van der Waals surface area contributed by atoms with Crippen LogP contribution in [0.25, 0.3) is 10.2 Å². The number of fused-ring (bicyclic) bond motifs is 1. The van der Waals surface area contributed by atoms with Crippen molar-refractivity contribution in [2.45, 2.75) is 36.6 Å². The summed E-state index contributed by atoms with van der Waals surface area (Å²) in [5, 5.41) is 0.973. The molecule has 9 heteroatoms. The number of likely N-dealkylation sites (tertiary alicyclic amines) is 1. The van der Waals surface area contributed by atoms with Crippen molar-refractivity contribution < 1.29 is 17.9 Å². The second kappa shape index (κ2) is 9.04. The maximum atomic E-state index is 13.6. The lowest BCUT2D eigenvalue weighted by Crippen LogP contribution is -2.46. The van der Waals surface area contributed by atoms with Gasteiger partial charge in [-0.15, -0.1) is 11.3 Å². The molecule has 2 aliphatic heterocycles. The quantitative estimate of drug-likeness (QED) is 0.544. The number of para-hydroxylation sites is 1. The van der Waals surface area contributed by atoms with Gasteiger partial charge < -0.3 is 9.64 Å². The monoisotopic (exact) mass is 485 g/mol. The van der Waals surface area contributed by atoms with Crippen molar-refractivity contribution in [1.82, 2.24) is 14.2 Å². The standard InChI is InChI=1S/C24H27N3O4S2/c1-31-18-10-12-19(13-11-18)33(29,30)26-14-4-6-17(16-26)24(28)27-15-5-8-21(27)23-25-20-7-2-3-9-22(20)32-23/h2-3,7,9-13,17,21H,4-6,8,14-16H2,1H3/t17-,21-/m0/s1. The summed E-state index contributed by atoms with van der Waals surface area (Å²) >= 11 is 1.65. The summed E-state index contributed by atoms with van der Waals surface area (Å²) in [6, 6.07) is 14.4. The summed E-state index contributed by atoms with van der Waals surface area (Å²) in [4.78, 5) is 20.5. The highest BCUT2D eigenvalue weighted by Crippen LogP contribution is 2.38. The maximum absolute atomic E-state index is 13.6. The van der Waals surface area contributed by atoms with Crippen LogP contribution in [-0.4, -0.2) is 55.3 Å². The van der Waals surface area contributed by atoms with E-state index < -0.39 is 10.0 Å². The summed E-state index contributed by atoms with van der Waals surface area (Å²) in [6.45, 7) is 1.34. The zero-order valence-corrected chi connectivity index (χ0v) is 20.1. The fraction of sp³-hybridized carbons (Fsp3) is 0.417. The molecule has 0 bridgehead atoms. The third-order valence-corrected chi connectivity index (χ3v) is 9.58. The lowest BCUT2D eigenvalue weighted by Gasteiger charge is -2.34. The summed E-state index contributed by atoms with van der Waals surface area (Å²) in [7, 11) is -2.12. The lowest BCUT2D eigenvalue weighted by atomic mass is 9.97. The van der Waals surface area contributed by atoms with Gasteiger partial charge in [0.15, 0.2) is 0 Å². The number of hydrogen-bond acceptors (Lipinski definition) is 6. The Bertz CT molecular complexity index is 1220. The molecule has 0 saturated carbocycles. The van der Waals surface area contributed by atoms with E-state index >= 15 is 0 Å². The summed E-state index contributed by atoms with van der Waals surface area (Å²) in [5.74, 6) is 0.323. The fourth-order valence-corrected chi connectivity index (χ4v) is 7.45. The second-order valence-electron chi connectivity index (χ2n) is 8.59. The van der Waals surface area contributed by atoms with E-state index in [0.29, 0.717) is 31.7 Å². The molecule has 0 N–H and O–H groups in total. The molecule has 1 amide bonds. The van der Waals surface area contributed by atoms with Gasteiger partial charge >= 0.3 is 0 Å². The first-order chi connectivity index (χ1) is 16.0. The van der Waals surface area contributed by atoms with Gasteiger partial charge in [0, 0.05) is 19.6 Å². The van der Waals surface area contributed by atoms with E-state index in [-0.39, 0.29) is 29.3 Å². The number of thiazole rings is 1. The minimum atomic E-state index is -3.66. The number of nitrogens with zero attached hydrogens (tertiary/aromatic N) is 3. The van der Waals surface area contributed by atoms with Crippen LogP contribution in [0.1, 0.15) is 36.7 Å². The molecule has 33 heavy (non-hydrogen) atoms. The van der Waals surface area contributed by atoms with Gasteiger partial charge in [-0.2, -0.15) is 4.31 Å². The molecule has 2 saturated heterocycles. The van der Waals surface area contributed by atoms with Crippen molar-refractivity contribution in [2.24, 2.45) is 5.92 Å². The molecule has 2 atom stereocenters. The second-order valence-corrected chi connectivity index (χ2v) is 11.6. The van der Waals surface area contributed by atoms with Crippen LogP contribution in [0.5, 0.6) is 5.75 Å². The minimum Gasteiger partial charge on any atom is -0.497 e. The van der Waals surface area contributed by atoms with Gasteiger partial charge in [-0.25, -0.2) is 13.4 Å². The molecular weight excluding hydrogens is 458 g/mol. The fourth-order valence-electron chi connectivity index (χ4n) is 4.81. The normalized spacial score (nSPS) is 22.0. The Hall–Kier alpha value is -2.49. The Morgan fingerprint density at radius 3 is 2.58 bits per heavy atom. The smallest absolute Gasteiger partial charge is 0.243 e. The first kappa shape index (κ1) is 22.3. The Kier molecular flexibility index (Phi) is 6.11. The molecule has 2 aromatic carbocycles. The highest BCUT2D eigenvalue weighted by Gasteiger charge is 2.39. The average Bonchev–Trinajstić information content (AvgIpc) is 3.50. The van der Waals surface area contributed by atoms with E-state index in [1.165, 1.54) is 4.31 Å². The van der Waals surface area contributed by atoms with Gasteiger partial charge in [-0.05, 0) is 62.1 Å². The average molecular weight is 486 g/mol. The van der Waals surface area contributed by atoms with Crippen molar-refractivity contribution in [1.29, 1.82) is 0 Å². The summed E-state index contributed by atoms with van der Waals surface area (Å²) in [5.41, 5.74) is 0.964. The molecule has 0 aliphatic carbocycles. The van der Waals surface area contributed by atoms with Gasteiger partial charge in [-0.3, -0.25) is 4.79 Å². The highest BCUT2D eigenvalue weighted by molar-refractivity contribution is 7.89. The van der Waals surface area contributed by atoms with E-state index in [4.69, 9.17) is 9.72 Å². The van der Waals surface area contributed by atoms with Crippen LogP contribution >= 0.6 is 11.3 Å². The first-order valence-electron chi connectivity index (χ1n) is 11.3. The predicted molar refractivity (Wildman–Crippen MR) is 128 cm³/mol. The molecule has 174 valence electrons. The first-order valence-corrected chi connectivity index (χ1v) is 13.5. The Labute approximate surface area is 198 Å². The highest BCUT2D eigenvalue weighted by atomic mass is 32.2. The van der Waals surface area contributed by atoms with Crippen LogP contribution in [0, 0.1) is 5.92 Å². The van der Waals surface area contributed by atoms with Gasteiger partial charge in [0.2, 0.25) is 15.9 Å². The number of benzene rings is 2. The maximum Gasteiger partial charge on any atom is 0.243 e. The topological polar surface area (TPSA) is 79.8 Å². The molecule has 0 spiro atoms. The molecule has 2 fully saturated rings. The van der Waals surface area contributed by atoms with Crippen molar-refractivity contribution in [3.63, 3.8) is 0 Å². The van der Waals surface area contributed by atoms with E-state index in [1.807, 2.05) is 23.1 Å².